The fraction of sp³-hybridized carbons (Fsp3) is 0.268. The van der Waals surface area contributed by atoms with Crippen molar-refractivity contribution in [1.82, 2.24) is 33.2 Å². The minimum Gasteiger partial charge on any atom is -0.299 e. The summed E-state index contributed by atoms with van der Waals surface area (Å²) in [4.78, 5) is 32.0. The van der Waals surface area contributed by atoms with Crippen molar-refractivity contribution < 1.29 is 35.2 Å². The summed E-state index contributed by atoms with van der Waals surface area (Å²) in [5.41, 5.74) is 5.44. The Morgan fingerprint density at radius 1 is 0.613 bits per heavy atom. The number of halogens is 4. The Kier molecular flexibility index (Phi) is 14.0. The third-order valence-corrected chi connectivity index (χ3v) is 19.8. The molecule has 3 aromatic heterocycles. The zero-order valence-electron chi connectivity index (χ0n) is 41.1. The molecule has 4 atom stereocenters. The first-order valence-corrected chi connectivity index (χ1v) is 28.0. The molecule has 386 valence electrons. The molecule has 13 nitrogen and oxygen atoms in total. The van der Waals surface area contributed by atoms with Crippen LogP contribution in [0, 0.1) is 22.5 Å². The highest BCUT2D eigenvalue weighted by Gasteiger charge is 2.52. The summed E-state index contributed by atoms with van der Waals surface area (Å²) in [5, 5.41) is 9.99. The van der Waals surface area contributed by atoms with E-state index < -0.39 is 36.9 Å². The van der Waals surface area contributed by atoms with E-state index in [4.69, 9.17) is 23.2 Å². The van der Waals surface area contributed by atoms with Gasteiger partial charge in [-0.25, -0.2) is 35.0 Å². The summed E-state index contributed by atoms with van der Waals surface area (Å²) in [5.74, 6) is -0.772. The third kappa shape index (κ3) is 9.63. The van der Waals surface area contributed by atoms with E-state index in [1.54, 1.807) is 116 Å². The predicted octanol–water partition coefficient (Wildman–Crippen LogP) is 10.8. The number of allylic oxidation sites excluding steroid dienone is 2. The van der Waals surface area contributed by atoms with Crippen LogP contribution in [0.4, 0.5) is 8.78 Å². The monoisotopic (exact) mass is 1090 g/mol. The van der Waals surface area contributed by atoms with E-state index in [1.165, 1.54) is 57.1 Å². The average Bonchev–Trinajstić information content (AvgIpc) is 4.04. The minimum atomic E-state index is -3.83. The Hall–Kier alpha value is -6.47. The van der Waals surface area contributed by atoms with Gasteiger partial charge in [0.1, 0.15) is 23.1 Å². The molecular weight excluding hydrogens is 1040 g/mol. The number of Topliss-reactive ketones (excluding diaryl/α,β-unsaturated/α-hetero) is 2. The second kappa shape index (κ2) is 20.2. The maximum atomic E-state index is 14.3. The lowest BCUT2D eigenvalue weighted by atomic mass is 9.60. The maximum Gasteiger partial charge on any atom is 0.243 e. The third-order valence-electron chi connectivity index (χ3n) is 15.4. The molecule has 4 aromatic carbocycles. The molecule has 0 radical (unpaired) electrons. The quantitative estimate of drug-likeness (QED) is 0.115. The second-order valence-electron chi connectivity index (χ2n) is 19.6. The summed E-state index contributed by atoms with van der Waals surface area (Å²) < 4.78 is 87.0. The standard InChI is InChI=1S/C30H26ClFN4O3S.C26H25ClFN3O3S/c1-35(40(38,39)26-13-6-22(31)7-14-26)25-10-5-21-16-28-20(19-34-36(28)24-11-8-23(32)9-12-24)17-30(21,18-25)29(37)27-4-2-3-15-33-27;1-17(32)26-14-18-16-29-31(22-9-6-21(28)7-10-22)25(18)13-19(26)3-8-23(15-26)30(2)35(33,34)24-11-4-20(27)5-12-24/h2-4,6-9,11-16,19,25H,5,10,17-18H2,1H3;4-7,9-13,16,23H,3,8,14-15H2,1-2H3/t25-,30-;23-,26+/m00/s1. The highest BCUT2D eigenvalue weighted by atomic mass is 35.5. The Morgan fingerprint density at radius 3 is 1.47 bits per heavy atom. The van der Waals surface area contributed by atoms with Crippen molar-refractivity contribution in [1.29, 1.82) is 0 Å². The molecule has 0 spiro atoms. The van der Waals surface area contributed by atoms with Crippen molar-refractivity contribution in [2.24, 2.45) is 10.8 Å². The number of carbonyl (C=O) groups is 2. The van der Waals surface area contributed by atoms with Crippen LogP contribution in [0.2, 0.25) is 10.0 Å². The highest BCUT2D eigenvalue weighted by Crippen LogP contribution is 2.52. The number of sulfonamides is 2. The van der Waals surface area contributed by atoms with Gasteiger partial charge in [-0.2, -0.15) is 18.8 Å². The second-order valence-corrected chi connectivity index (χ2v) is 24.5. The van der Waals surface area contributed by atoms with Gasteiger partial charge in [0, 0.05) is 42.4 Å². The van der Waals surface area contributed by atoms with E-state index in [0.29, 0.717) is 72.8 Å². The zero-order chi connectivity index (χ0) is 53.0. The van der Waals surface area contributed by atoms with E-state index in [1.807, 2.05) is 12.2 Å². The number of benzene rings is 4. The number of rotatable bonds is 11. The van der Waals surface area contributed by atoms with Crippen molar-refractivity contribution in [2.45, 2.75) is 80.2 Å². The van der Waals surface area contributed by atoms with Crippen LogP contribution >= 0.6 is 23.2 Å². The number of hydrogen-bond acceptors (Lipinski definition) is 9. The van der Waals surface area contributed by atoms with Crippen LogP contribution in [0.25, 0.3) is 23.5 Å². The molecule has 2 saturated carbocycles. The normalized spacial score (nSPS) is 21.1. The topological polar surface area (TPSA) is 157 Å². The number of hydrogen-bond donors (Lipinski definition) is 0. The molecule has 0 bridgehead atoms. The lowest BCUT2D eigenvalue weighted by molar-refractivity contribution is -0.126. The van der Waals surface area contributed by atoms with Crippen LogP contribution < -0.4 is 0 Å². The highest BCUT2D eigenvalue weighted by molar-refractivity contribution is 7.89. The van der Waals surface area contributed by atoms with Crippen LogP contribution in [-0.4, -0.2) is 87.7 Å². The predicted molar refractivity (Wildman–Crippen MR) is 283 cm³/mol. The molecule has 7 aromatic rings. The fourth-order valence-corrected chi connectivity index (χ4v) is 14.2. The summed E-state index contributed by atoms with van der Waals surface area (Å²) in [7, 11) is -4.42. The Labute approximate surface area is 444 Å². The van der Waals surface area contributed by atoms with Crippen molar-refractivity contribution in [2.75, 3.05) is 14.1 Å². The molecule has 2 fully saturated rings. The van der Waals surface area contributed by atoms with Crippen molar-refractivity contribution in [3.8, 4) is 11.4 Å². The van der Waals surface area contributed by atoms with E-state index in [2.05, 4.69) is 15.2 Å². The molecule has 0 unspecified atom stereocenters. The lowest BCUT2D eigenvalue weighted by Gasteiger charge is -2.45. The molecule has 11 rings (SSSR count). The van der Waals surface area contributed by atoms with Gasteiger partial charge < -0.3 is 0 Å². The molecular formula is C56H51Cl2F2N7O6S2. The number of pyridine rings is 1. The van der Waals surface area contributed by atoms with Crippen molar-refractivity contribution >= 4 is 67.0 Å². The first-order valence-electron chi connectivity index (χ1n) is 24.3. The van der Waals surface area contributed by atoms with E-state index in [0.717, 1.165) is 39.3 Å². The van der Waals surface area contributed by atoms with Gasteiger partial charge in [0.05, 0.1) is 55.8 Å². The summed E-state index contributed by atoms with van der Waals surface area (Å²) in [6.07, 6.45) is 12.9. The number of aromatic nitrogens is 5. The number of fused-ring (bicyclic) bond motifs is 4. The Morgan fingerprint density at radius 2 is 1.04 bits per heavy atom. The van der Waals surface area contributed by atoms with Gasteiger partial charge >= 0.3 is 0 Å². The van der Waals surface area contributed by atoms with E-state index >= 15 is 0 Å². The first-order chi connectivity index (χ1) is 35.8. The summed E-state index contributed by atoms with van der Waals surface area (Å²) in [6.45, 7) is 1.58. The van der Waals surface area contributed by atoms with Gasteiger partial charge in [-0.1, -0.05) is 40.4 Å². The first kappa shape index (κ1) is 52.0. The van der Waals surface area contributed by atoms with Crippen LogP contribution in [0.5, 0.6) is 0 Å². The molecule has 0 amide bonds. The molecule has 19 heteroatoms. The van der Waals surface area contributed by atoms with Gasteiger partial charge in [-0.05, 0) is 191 Å². The number of nitrogens with zero attached hydrogens (tertiary/aromatic N) is 7. The molecule has 3 heterocycles. The molecule has 0 N–H and O–H groups in total. The summed E-state index contributed by atoms with van der Waals surface area (Å²) in [6, 6.07) is 28.9. The van der Waals surface area contributed by atoms with Gasteiger partial charge in [0.25, 0.3) is 0 Å². The largest absolute Gasteiger partial charge is 0.299 e. The van der Waals surface area contributed by atoms with Gasteiger partial charge in [0.2, 0.25) is 20.0 Å². The van der Waals surface area contributed by atoms with E-state index in [-0.39, 0.29) is 39.0 Å². The molecule has 75 heavy (non-hydrogen) atoms. The van der Waals surface area contributed by atoms with Gasteiger partial charge in [-0.15, -0.1) is 0 Å². The van der Waals surface area contributed by atoms with Crippen LogP contribution in [0.15, 0.2) is 155 Å². The Bertz CT molecular complexity index is 3630. The SMILES string of the molecule is CC(=O)[C@]12Cc3cnn(-c4ccc(F)cc4)c3C=C1CC[C@H](N(C)S(=O)(=O)c1ccc(Cl)cc1)C2.CN([C@H]1CCC2=Cc3c(cnn3-c3ccc(F)cc3)C[C@]2(C(=O)c2ccccn2)C1)S(=O)(=O)c1ccc(Cl)cc1. The molecule has 4 aliphatic rings. The maximum absolute atomic E-state index is 14.3. The van der Waals surface area contributed by atoms with Crippen molar-refractivity contribution in [3.63, 3.8) is 0 Å². The van der Waals surface area contributed by atoms with Crippen molar-refractivity contribution in [3.05, 3.63) is 195 Å². The average molecular weight is 1090 g/mol. The summed E-state index contributed by atoms with van der Waals surface area (Å²) >= 11 is 11.9. The van der Waals surface area contributed by atoms with Crippen LogP contribution in [0.1, 0.15) is 78.5 Å². The van der Waals surface area contributed by atoms with Crippen LogP contribution in [0.3, 0.4) is 0 Å². The molecule has 0 aliphatic heterocycles. The smallest absolute Gasteiger partial charge is 0.243 e. The lowest BCUT2D eigenvalue weighted by Crippen LogP contribution is -2.49. The Balaban J connectivity index is 0.000000173. The van der Waals surface area contributed by atoms with Gasteiger partial charge in [-0.3, -0.25) is 14.6 Å². The fourth-order valence-electron chi connectivity index (χ4n) is 11.2. The molecule has 0 saturated heterocycles. The van der Waals surface area contributed by atoms with E-state index in [9.17, 15) is 35.2 Å². The number of ketones is 2. The molecule has 4 aliphatic carbocycles. The van der Waals surface area contributed by atoms with Gasteiger partial charge in [0.15, 0.2) is 5.78 Å². The minimum absolute atomic E-state index is 0.0194. The number of carbonyl (C=O) groups excluding carboxylic acids is 2. The van der Waals surface area contributed by atoms with Crippen LogP contribution in [-0.2, 0) is 37.7 Å². The zero-order valence-corrected chi connectivity index (χ0v) is 44.2.